The zero-order valence-corrected chi connectivity index (χ0v) is 11.9. The number of carbonyl (C=O) groups excluding carboxylic acids is 1. The van der Waals surface area contributed by atoms with E-state index in [-0.39, 0.29) is 5.78 Å². The molecule has 0 saturated heterocycles. The van der Waals surface area contributed by atoms with Crippen molar-refractivity contribution in [3.63, 3.8) is 0 Å². The average molecular weight is 258 g/mol. The summed E-state index contributed by atoms with van der Waals surface area (Å²) in [4.78, 5) is 11.5. The van der Waals surface area contributed by atoms with Crippen LogP contribution in [0.1, 0.15) is 28.7 Å². The van der Waals surface area contributed by atoms with Gasteiger partial charge in [0.1, 0.15) is 5.75 Å². The fourth-order valence-corrected chi connectivity index (χ4v) is 2.29. The highest BCUT2D eigenvalue weighted by Gasteiger charge is 2.17. The molecule has 0 aliphatic carbocycles. The van der Waals surface area contributed by atoms with E-state index in [1.54, 1.807) is 20.1 Å². The smallest absolute Gasteiger partial charge is 0.159 e. The molecule has 0 atom stereocenters. The highest BCUT2D eigenvalue weighted by Crippen LogP contribution is 2.35. The maximum absolute atomic E-state index is 11.5. The van der Waals surface area contributed by atoms with Gasteiger partial charge in [-0.05, 0) is 39.0 Å². The summed E-state index contributed by atoms with van der Waals surface area (Å²) in [6.07, 6.45) is 0. The lowest BCUT2D eigenvalue weighted by molar-refractivity contribution is 0.101. The van der Waals surface area contributed by atoms with E-state index in [0.29, 0.717) is 5.56 Å². The zero-order valence-electron chi connectivity index (χ0n) is 11.9. The predicted octanol–water partition coefficient (Wildman–Crippen LogP) is 2.92. The van der Waals surface area contributed by atoms with Gasteiger partial charge in [0, 0.05) is 29.4 Å². The van der Waals surface area contributed by atoms with Gasteiger partial charge < -0.3 is 4.74 Å². The quantitative estimate of drug-likeness (QED) is 0.795. The Morgan fingerprint density at radius 1 is 1.32 bits per heavy atom. The van der Waals surface area contributed by atoms with Crippen molar-refractivity contribution in [2.24, 2.45) is 7.05 Å². The topological polar surface area (TPSA) is 44.1 Å². The van der Waals surface area contributed by atoms with Crippen molar-refractivity contribution in [1.29, 1.82) is 0 Å². The number of benzene rings is 1. The van der Waals surface area contributed by atoms with E-state index in [2.05, 4.69) is 5.10 Å². The van der Waals surface area contributed by atoms with Crippen molar-refractivity contribution < 1.29 is 9.53 Å². The van der Waals surface area contributed by atoms with Crippen LogP contribution in [0.4, 0.5) is 0 Å². The average Bonchev–Trinajstić information content (AvgIpc) is 2.62. The number of rotatable bonds is 3. The van der Waals surface area contributed by atoms with Gasteiger partial charge in [-0.1, -0.05) is 0 Å². The van der Waals surface area contributed by atoms with Gasteiger partial charge in [0.15, 0.2) is 5.78 Å². The first-order chi connectivity index (χ1) is 8.95. The van der Waals surface area contributed by atoms with Crippen LogP contribution < -0.4 is 4.74 Å². The molecular weight excluding hydrogens is 240 g/mol. The lowest BCUT2D eigenvalue weighted by Crippen LogP contribution is -1.97. The molecule has 1 aromatic carbocycles. The highest BCUT2D eigenvalue weighted by atomic mass is 16.5. The third kappa shape index (κ3) is 2.26. The van der Waals surface area contributed by atoms with E-state index >= 15 is 0 Å². The Morgan fingerprint density at radius 3 is 2.47 bits per heavy atom. The number of hydrogen-bond donors (Lipinski definition) is 0. The Bertz CT molecular complexity index is 642. The van der Waals surface area contributed by atoms with Crippen LogP contribution in [-0.4, -0.2) is 22.7 Å². The van der Waals surface area contributed by atoms with Crippen LogP contribution in [0.2, 0.25) is 0 Å². The lowest BCUT2D eigenvalue weighted by atomic mass is 9.99. The molecule has 0 N–H and O–H groups in total. The number of carbonyl (C=O) groups is 1. The summed E-state index contributed by atoms with van der Waals surface area (Å²) < 4.78 is 7.24. The number of hydrogen-bond acceptors (Lipinski definition) is 3. The fourth-order valence-electron chi connectivity index (χ4n) is 2.29. The fraction of sp³-hybridized carbons (Fsp3) is 0.333. The van der Waals surface area contributed by atoms with Crippen LogP contribution in [0.5, 0.6) is 5.75 Å². The lowest BCUT2D eigenvalue weighted by Gasteiger charge is -2.10. The molecule has 0 saturated carbocycles. The second-order valence-corrected chi connectivity index (χ2v) is 4.64. The SMILES string of the molecule is COc1ccc(C(C)=O)cc1-c1c(C)nn(C)c1C. The molecule has 0 aliphatic rings. The number of ether oxygens (including phenoxy) is 1. The van der Waals surface area contributed by atoms with Crippen molar-refractivity contribution in [3.05, 3.63) is 35.2 Å². The standard InChI is InChI=1S/C15H18N2O2/c1-9-15(10(2)17(4)16-9)13-8-12(11(3)18)6-7-14(13)19-5/h6-8H,1-5H3. The molecule has 100 valence electrons. The van der Waals surface area contributed by atoms with Crippen LogP contribution in [0.3, 0.4) is 0 Å². The first-order valence-electron chi connectivity index (χ1n) is 6.15. The van der Waals surface area contributed by atoms with E-state index in [1.165, 1.54) is 0 Å². The second-order valence-electron chi connectivity index (χ2n) is 4.64. The number of aryl methyl sites for hydroxylation is 2. The van der Waals surface area contributed by atoms with E-state index in [0.717, 1.165) is 28.3 Å². The molecule has 19 heavy (non-hydrogen) atoms. The van der Waals surface area contributed by atoms with Gasteiger partial charge >= 0.3 is 0 Å². The Kier molecular flexibility index (Phi) is 3.42. The van der Waals surface area contributed by atoms with Gasteiger partial charge in [-0.15, -0.1) is 0 Å². The van der Waals surface area contributed by atoms with Crippen LogP contribution >= 0.6 is 0 Å². The van der Waals surface area contributed by atoms with E-state index in [1.807, 2.05) is 37.7 Å². The predicted molar refractivity (Wildman–Crippen MR) is 74.7 cm³/mol. The summed E-state index contributed by atoms with van der Waals surface area (Å²) in [5.41, 5.74) is 4.61. The minimum Gasteiger partial charge on any atom is -0.496 e. The summed E-state index contributed by atoms with van der Waals surface area (Å²) in [6.45, 7) is 5.53. The molecule has 1 aromatic heterocycles. The Labute approximate surface area is 113 Å². The molecule has 0 radical (unpaired) electrons. The van der Waals surface area contributed by atoms with Crippen molar-refractivity contribution in [3.8, 4) is 16.9 Å². The van der Waals surface area contributed by atoms with Crippen molar-refractivity contribution >= 4 is 5.78 Å². The van der Waals surface area contributed by atoms with E-state index in [9.17, 15) is 4.79 Å². The van der Waals surface area contributed by atoms with E-state index in [4.69, 9.17) is 4.74 Å². The third-order valence-electron chi connectivity index (χ3n) is 3.38. The number of aromatic nitrogens is 2. The number of Topliss-reactive ketones (excluding diaryl/α,β-unsaturated/α-hetero) is 1. The molecule has 0 amide bonds. The van der Waals surface area contributed by atoms with Gasteiger partial charge in [-0.3, -0.25) is 9.48 Å². The van der Waals surface area contributed by atoms with Crippen LogP contribution in [-0.2, 0) is 7.05 Å². The first-order valence-corrected chi connectivity index (χ1v) is 6.15. The Morgan fingerprint density at radius 2 is 2.00 bits per heavy atom. The molecule has 4 nitrogen and oxygen atoms in total. The van der Waals surface area contributed by atoms with Gasteiger partial charge in [0.05, 0.1) is 12.8 Å². The summed E-state index contributed by atoms with van der Waals surface area (Å²) in [6, 6.07) is 5.49. The van der Waals surface area contributed by atoms with Crippen LogP contribution in [0, 0.1) is 13.8 Å². The Balaban J connectivity index is 2.72. The van der Waals surface area contributed by atoms with Gasteiger partial charge in [0.25, 0.3) is 0 Å². The maximum atomic E-state index is 11.5. The molecule has 0 aliphatic heterocycles. The van der Waals surface area contributed by atoms with Crippen molar-refractivity contribution in [2.45, 2.75) is 20.8 Å². The minimum atomic E-state index is 0.0445. The number of nitrogens with zero attached hydrogens (tertiary/aromatic N) is 2. The molecule has 0 unspecified atom stereocenters. The highest BCUT2D eigenvalue weighted by molar-refractivity contribution is 5.96. The number of methoxy groups -OCH3 is 1. The third-order valence-corrected chi connectivity index (χ3v) is 3.38. The minimum absolute atomic E-state index is 0.0445. The van der Waals surface area contributed by atoms with Gasteiger partial charge in [0.2, 0.25) is 0 Å². The number of ketones is 1. The van der Waals surface area contributed by atoms with Crippen LogP contribution in [0.15, 0.2) is 18.2 Å². The van der Waals surface area contributed by atoms with Crippen molar-refractivity contribution in [2.75, 3.05) is 7.11 Å². The summed E-state index contributed by atoms with van der Waals surface area (Å²) in [5, 5.41) is 4.41. The van der Waals surface area contributed by atoms with Gasteiger partial charge in [-0.25, -0.2) is 0 Å². The monoisotopic (exact) mass is 258 g/mol. The maximum Gasteiger partial charge on any atom is 0.159 e. The molecule has 0 fully saturated rings. The first kappa shape index (κ1) is 13.3. The van der Waals surface area contributed by atoms with Crippen molar-refractivity contribution in [1.82, 2.24) is 9.78 Å². The molecule has 0 bridgehead atoms. The molecule has 2 rings (SSSR count). The van der Waals surface area contributed by atoms with Crippen LogP contribution in [0.25, 0.3) is 11.1 Å². The Hall–Kier alpha value is -2.10. The largest absolute Gasteiger partial charge is 0.496 e. The summed E-state index contributed by atoms with van der Waals surface area (Å²) >= 11 is 0. The van der Waals surface area contributed by atoms with Gasteiger partial charge in [-0.2, -0.15) is 5.10 Å². The normalized spacial score (nSPS) is 10.6. The molecule has 4 heteroatoms. The molecule has 2 aromatic rings. The summed E-state index contributed by atoms with van der Waals surface area (Å²) in [7, 11) is 3.54. The zero-order chi connectivity index (χ0) is 14.2. The second kappa shape index (κ2) is 4.88. The molecular formula is C15H18N2O2. The molecule has 1 heterocycles. The molecule has 0 spiro atoms. The van der Waals surface area contributed by atoms with E-state index < -0.39 is 0 Å². The summed E-state index contributed by atoms with van der Waals surface area (Å²) in [5.74, 6) is 0.798.